The fraction of sp³-hybridized carbons (Fsp3) is 0.632. The summed E-state index contributed by atoms with van der Waals surface area (Å²) in [5.41, 5.74) is 2.36. The summed E-state index contributed by atoms with van der Waals surface area (Å²) in [5.74, 6) is 1.46. The molecule has 5 heteroatoms. The van der Waals surface area contributed by atoms with Gasteiger partial charge in [0.05, 0.1) is 14.2 Å². The van der Waals surface area contributed by atoms with Gasteiger partial charge in [0.15, 0.2) is 11.5 Å². The van der Waals surface area contributed by atoms with Crippen molar-refractivity contribution in [2.75, 3.05) is 20.8 Å². The van der Waals surface area contributed by atoms with Crippen LogP contribution in [0.5, 0.6) is 11.5 Å². The van der Waals surface area contributed by atoms with Crippen molar-refractivity contribution < 1.29 is 14.3 Å². The number of rotatable bonds is 7. The number of nitrogens with one attached hydrogen (secondary N) is 1. The van der Waals surface area contributed by atoms with E-state index in [9.17, 15) is 4.79 Å². The van der Waals surface area contributed by atoms with Crippen molar-refractivity contribution in [3.8, 4) is 11.5 Å². The van der Waals surface area contributed by atoms with Gasteiger partial charge >= 0.3 is 6.03 Å². The molecule has 0 bridgehead atoms. The maximum atomic E-state index is 12.5. The zero-order chi connectivity index (χ0) is 17.5. The van der Waals surface area contributed by atoms with Crippen LogP contribution in [0.4, 0.5) is 4.79 Å². The highest BCUT2D eigenvalue weighted by molar-refractivity contribution is 5.75. The molecule has 0 fully saturated rings. The Bertz CT molecular complexity index is 560. The number of amides is 2. The average molecular weight is 334 g/mol. The minimum atomic E-state index is 0.0273. The third-order valence-corrected chi connectivity index (χ3v) is 4.62. The first-order valence-electron chi connectivity index (χ1n) is 8.88. The van der Waals surface area contributed by atoms with Gasteiger partial charge in [-0.2, -0.15) is 0 Å². The van der Waals surface area contributed by atoms with Gasteiger partial charge in [0, 0.05) is 19.1 Å². The van der Waals surface area contributed by atoms with E-state index in [1.807, 2.05) is 17.0 Å². The van der Waals surface area contributed by atoms with E-state index in [1.54, 1.807) is 14.2 Å². The lowest BCUT2D eigenvalue weighted by molar-refractivity contribution is 0.188. The van der Waals surface area contributed by atoms with E-state index in [0.717, 1.165) is 37.1 Å². The van der Waals surface area contributed by atoms with Gasteiger partial charge in [-0.25, -0.2) is 4.79 Å². The fourth-order valence-corrected chi connectivity index (χ4v) is 3.13. The first kappa shape index (κ1) is 18.4. The van der Waals surface area contributed by atoms with Crippen LogP contribution < -0.4 is 14.8 Å². The minimum Gasteiger partial charge on any atom is -0.493 e. The van der Waals surface area contributed by atoms with Crippen LogP contribution in [0.2, 0.25) is 0 Å². The number of hydrogen-bond donors (Lipinski definition) is 1. The third-order valence-electron chi connectivity index (χ3n) is 4.62. The third kappa shape index (κ3) is 4.56. The molecule has 1 N–H and O–H groups in total. The molecule has 1 aliphatic heterocycles. The Hall–Kier alpha value is -1.91. The Labute approximate surface area is 145 Å². The number of ether oxygens (including phenoxy) is 2. The smallest absolute Gasteiger partial charge is 0.317 e. The normalized spacial score (nSPS) is 14.8. The molecule has 0 spiro atoms. The maximum Gasteiger partial charge on any atom is 0.317 e. The van der Waals surface area contributed by atoms with Gasteiger partial charge in [-0.05, 0) is 43.0 Å². The van der Waals surface area contributed by atoms with Gasteiger partial charge in [-0.15, -0.1) is 0 Å². The highest BCUT2D eigenvalue weighted by atomic mass is 16.5. The summed E-state index contributed by atoms with van der Waals surface area (Å²) in [7, 11) is 3.28. The number of carbonyl (C=O) groups is 1. The monoisotopic (exact) mass is 334 g/mol. The first-order valence-corrected chi connectivity index (χ1v) is 8.88. The quantitative estimate of drug-likeness (QED) is 0.773. The summed E-state index contributed by atoms with van der Waals surface area (Å²) in [6, 6.07) is 4.25. The van der Waals surface area contributed by atoms with Crippen molar-refractivity contribution in [3.63, 3.8) is 0 Å². The molecule has 1 atom stereocenters. The Morgan fingerprint density at radius 3 is 2.50 bits per heavy atom. The number of nitrogens with zero attached hydrogens (tertiary/aromatic N) is 1. The van der Waals surface area contributed by atoms with Gasteiger partial charge in [-0.1, -0.05) is 26.2 Å². The second-order valence-electron chi connectivity index (χ2n) is 6.49. The summed E-state index contributed by atoms with van der Waals surface area (Å²) < 4.78 is 10.7. The molecule has 5 nitrogen and oxygen atoms in total. The zero-order valence-corrected chi connectivity index (χ0v) is 15.4. The average Bonchev–Trinajstić information content (AvgIpc) is 2.60. The van der Waals surface area contributed by atoms with Gasteiger partial charge in [0.1, 0.15) is 0 Å². The molecule has 24 heavy (non-hydrogen) atoms. The van der Waals surface area contributed by atoms with E-state index in [2.05, 4.69) is 19.2 Å². The predicted octanol–water partition coefficient (Wildman–Crippen LogP) is 3.74. The van der Waals surface area contributed by atoms with E-state index >= 15 is 0 Å². The Kier molecular flexibility index (Phi) is 6.76. The number of hydrogen-bond acceptors (Lipinski definition) is 3. The number of unbranched alkanes of at least 4 members (excludes halogenated alkanes) is 2. The first-order chi connectivity index (χ1) is 11.6. The molecule has 1 unspecified atom stereocenters. The molecule has 0 saturated carbocycles. The number of carbonyl (C=O) groups excluding carboxylic acids is 1. The summed E-state index contributed by atoms with van der Waals surface area (Å²) >= 11 is 0. The van der Waals surface area contributed by atoms with Crippen LogP contribution in [0.15, 0.2) is 12.1 Å². The van der Waals surface area contributed by atoms with Crippen molar-refractivity contribution >= 4 is 6.03 Å². The summed E-state index contributed by atoms with van der Waals surface area (Å²) in [5, 5.41) is 3.12. The molecule has 0 saturated heterocycles. The van der Waals surface area contributed by atoms with Gasteiger partial charge in [0.25, 0.3) is 0 Å². The number of urea groups is 1. The molecular formula is C19H30N2O3. The van der Waals surface area contributed by atoms with Crippen molar-refractivity contribution in [1.82, 2.24) is 10.2 Å². The Morgan fingerprint density at radius 1 is 1.21 bits per heavy atom. The predicted molar refractivity (Wildman–Crippen MR) is 95.8 cm³/mol. The number of fused-ring (bicyclic) bond motifs is 1. The molecule has 2 rings (SSSR count). The van der Waals surface area contributed by atoms with Gasteiger partial charge in [-0.3, -0.25) is 0 Å². The Balaban J connectivity index is 1.97. The van der Waals surface area contributed by atoms with Crippen LogP contribution in [-0.2, 0) is 13.0 Å². The molecule has 134 valence electrons. The number of methoxy groups -OCH3 is 2. The molecular weight excluding hydrogens is 304 g/mol. The van der Waals surface area contributed by atoms with Crippen LogP contribution in [0.1, 0.15) is 50.7 Å². The van der Waals surface area contributed by atoms with E-state index < -0.39 is 0 Å². The van der Waals surface area contributed by atoms with Crippen LogP contribution in [0, 0.1) is 0 Å². The lowest BCUT2D eigenvalue weighted by Crippen LogP contribution is -2.45. The van der Waals surface area contributed by atoms with Crippen molar-refractivity contribution in [3.05, 3.63) is 23.3 Å². The van der Waals surface area contributed by atoms with Crippen molar-refractivity contribution in [2.24, 2.45) is 0 Å². The largest absolute Gasteiger partial charge is 0.493 e. The summed E-state index contributed by atoms with van der Waals surface area (Å²) in [4.78, 5) is 14.4. The van der Waals surface area contributed by atoms with Crippen LogP contribution in [0.3, 0.4) is 0 Å². The molecule has 0 radical (unpaired) electrons. The van der Waals surface area contributed by atoms with Crippen molar-refractivity contribution in [2.45, 2.75) is 58.5 Å². The molecule has 1 aromatic carbocycles. The van der Waals surface area contributed by atoms with Gasteiger partial charge < -0.3 is 19.7 Å². The second kappa shape index (κ2) is 8.81. The number of benzene rings is 1. The minimum absolute atomic E-state index is 0.0273. The summed E-state index contributed by atoms with van der Waals surface area (Å²) in [6.07, 6.45) is 5.47. The van der Waals surface area contributed by atoms with E-state index in [4.69, 9.17) is 9.47 Å². The fourth-order valence-electron chi connectivity index (χ4n) is 3.13. The van der Waals surface area contributed by atoms with Crippen LogP contribution in [0.25, 0.3) is 0 Å². The topological polar surface area (TPSA) is 50.8 Å². The van der Waals surface area contributed by atoms with E-state index in [0.29, 0.717) is 12.3 Å². The molecule has 2 amide bonds. The highest BCUT2D eigenvalue weighted by Crippen LogP contribution is 2.33. The molecule has 1 heterocycles. The summed E-state index contributed by atoms with van der Waals surface area (Å²) in [6.45, 7) is 5.62. The molecule has 0 aromatic heterocycles. The van der Waals surface area contributed by atoms with Crippen LogP contribution in [-0.4, -0.2) is 37.7 Å². The Morgan fingerprint density at radius 2 is 1.88 bits per heavy atom. The molecule has 1 aromatic rings. The second-order valence-corrected chi connectivity index (χ2v) is 6.49. The lowest BCUT2D eigenvalue weighted by Gasteiger charge is -2.30. The van der Waals surface area contributed by atoms with E-state index in [1.165, 1.54) is 18.4 Å². The lowest BCUT2D eigenvalue weighted by atomic mass is 9.99. The maximum absolute atomic E-state index is 12.5. The van der Waals surface area contributed by atoms with Gasteiger partial charge in [0.2, 0.25) is 0 Å². The molecule has 0 aliphatic carbocycles. The zero-order valence-electron chi connectivity index (χ0n) is 15.4. The van der Waals surface area contributed by atoms with E-state index in [-0.39, 0.29) is 12.1 Å². The highest BCUT2D eigenvalue weighted by Gasteiger charge is 2.23. The van der Waals surface area contributed by atoms with Crippen LogP contribution >= 0.6 is 0 Å². The molecule has 1 aliphatic rings. The van der Waals surface area contributed by atoms with Crippen molar-refractivity contribution in [1.29, 1.82) is 0 Å². The standard InChI is InChI=1S/C19H30N2O3/c1-5-6-7-8-14(2)20-19(22)21-10-9-15-11-17(23-3)18(24-4)12-16(15)13-21/h11-12,14H,5-10,13H2,1-4H3,(H,20,22). The SMILES string of the molecule is CCCCCC(C)NC(=O)N1CCc2cc(OC)c(OC)cc2C1.